The van der Waals surface area contributed by atoms with Gasteiger partial charge in [0.15, 0.2) is 0 Å². The summed E-state index contributed by atoms with van der Waals surface area (Å²) in [5, 5.41) is 1.33. The van der Waals surface area contributed by atoms with Crippen LogP contribution in [-0.2, 0) is 21.0 Å². The van der Waals surface area contributed by atoms with E-state index in [0.29, 0.717) is 19.6 Å². The van der Waals surface area contributed by atoms with E-state index in [9.17, 15) is 18.0 Å². The van der Waals surface area contributed by atoms with Crippen LogP contribution in [0.25, 0.3) is 0 Å². The molecule has 1 aromatic carbocycles. The number of alkyl halides is 3. The third-order valence-corrected chi connectivity index (χ3v) is 4.26. The van der Waals surface area contributed by atoms with Crippen LogP contribution >= 0.6 is 0 Å². The molecule has 5 nitrogen and oxygen atoms in total. The fraction of sp³-hybridized carbons (Fsp3) is 0.562. The average Bonchev–Trinajstić information content (AvgIpc) is 2.57. The molecule has 132 valence electrons. The van der Waals surface area contributed by atoms with Crippen LogP contribution < -0.4 is 5.48 Å². The molecule has 1 amide bonds. The zero-order valence-electron chi connectivity index (χ0n) is 13.0. The molecule has 8 heteroatoms. The number of nitrogens with zero attached hydrogens (tertiary/aromatic N) is 1. The summed E-state index contributed by atoms with van der Waals surface area (Å²) in [6.45, 7) is 0.483. The zero-order valence-corrected chi connectivity index (χ0v) is 13.0. The highest BCUT2D eigenvalue weighted by Crippen LogP contribution is 2.36. The van der Waals surface area contributed by atoms with Crippen LogP contribution in [-0.4, -0.2) is 30.4 Å². The maximum Gasteiger partial charge on any atom is 0.394 e. The molecular weight excluding hydrogens is 325 g/mol. The second-order valence-corrected chi connectivity index (χ2v) is 6.06. The molecule has 0 radical (unpaired) electrons. The zero-order chi connectivity index (χ0) is 17.2. The predicted molar refractivity (Wildman–Crippen MR) is 78.2 cm³/mol. The van der Waals surface area contributed by atoms with Crippen molar-refractivity contribution in [1.82, 2.24) is 10.5 Å². The summed E-state index contributed by atoms with van der Waals surface area (Å²) >= 11 is 0. The molecule has 2 unspecified atom stereocenters. The molecule has 24 heavy (non-hydrogen) atoms. The summed E-state index contributed by atoms with van der Waals surface area (Å²) < 4.78 is 38.5. The van der Waals surface area contributed by atoms with Crippen LogP contribution in [0.1, 0.15) is 36.4 Å². The molecule has 0 aliphatic carbocycles. The minimum absolute atomic E-state index is 0.0549. The van der Waals surface area contributed by atoms with Gasteiger partial charge in [-0.1, -0.05) is 24.3 Å². The number of nitrogens with one attached hydrogen (secondary N) is 1. The first kappa shape index (κ1) is 17.2. The van der Waals surface area contributed by atoms with Crippen LogP contribution in [0.5, 0.6) is 0 Å². The van der Waals surface area contributed by atoms with Crippen molar-refractivity contribution in [2.45, 2.75) is 38.0 Å². The van der Waals surface area contributed by atoms with Crippen LogP contribution in [0, 0.1) is 5.92 Å². The molecule has 3 rings (SSSR count). The van der Waals surface area contributed by atoms with Crippen molar-refractivity contribution in [3.63, 3.8) is 0 Å². The van der Waals surface area contributed by atoms with Gasteiger partial charge in [-0.05, 0) is 24.0 Å². The number of carbonyl (C=O) groups excluding carboxylic acids is 1. The molecule has 0 bridgehead atoms. The Balaban J connectivity index is 1.62. The van der Waals surface area contributed by atoms with E-state index >= 15 is 0 Å². The van der Waals surface area contributed by atoms with Gasteiger partial charge >= 0.3 is 6.18 Å². The normalized spacial score (nSPS) is 25.8. The fourth-order valence-electron chi connectivity index (χ4n) is 2.83. The van der Waals surface area contributed by atoms with E-state index in [0.717, 1.165) is 17.5 Å². The Bertz CT molecular complexity index is 577. The second kappa shape index (κ2) is 7.08. The van der Waals surface area contributed by atoms with Crippen molar-refractivity contribution in [2.24, 2.45) is 5.92 Å². The largest absolute Gasteiger partial charge is 0.394 e. The predicted octanol–water partition coefficient (Wildman–Crippen LogP) is 2.89. The number of amides is 1. The van der Waals surface area contributed by atoms with Gasteiger partial charge in [-0.3, -0.25) is 9.63 Å². The van der Waals surface area contributed by atoms with Crippen LogP contribution in [0.15, 0.2) is 24.3 Å². The number of carbonyl (C=O) groups is 1. The van der Waals surface area contributed by atoms with Gasteiger partial charge < -0.3 is 4.84 Å². The second-order valence-electron chi connectivity index (χ2n) is 6.06. The highest BCUT2D eigenvalue weighted by Gasteiger charge is 2.43. The van der Waals surface area contributed by atoms with Crippen molar-refractivity contribution in [2.75, 3.05) is 13.2 Å². The van der Waals surface area contributed by atoms with E-state index in [4.69, 9.17) is 9.68 Å². The monoisotopic (exact) mass is 344 g/mol. The Kier molecular flexibility index (Phi) is 5.07. The summed E-state index contributed by atoms with van der Waals surface area (Å²) in [5.41, 5.74) is 4.24. The molecule has 2 aliphatic rings. The molecule has 2 aliphatic heterocycles. The van der Waals surface area contributed by atoms with Gasteiger partial charge in [0, 0.05) is 6.42 Å². The van der Waals surface area contributed by atoms with Crippen molar-refractivity contribution >= 4 is 5.91 Å². The standard InChI is InChI=1S/C16H19F3N2O3/c17-16(18,19)13-8-14(20-23-10-13)12-5-3-11(4-6-12)9-21-15(22)2-1-7-24-21/h3-6,13-14,20H,1-2,7-10H2. The van der Waals surface area contributed by atoms with E-state index in [2.05, 4.69) is 5.48 Å². The Morgan fingerprint density at radius 3 is 2.67 bits per heavy atom. The number of benzene rings is 1. The van der Waals surface area contributed by atoms with E-state index in [1.807, 2.05) is 0 Å². The minimum atomic E-state index is -4.26. The minimum Gasteiger partial charge on any atom is -0.301 e. The number of halogens is 3. The molecule has 0 aromatic heterocycles. The summed E-state index contributed by atoms with van der Waals surface area (Å²) in [6, 6.07) is 6.58. The van der Waals surface area contributed by atoms with E-state index in [1.165, 1.54) is 5.06 Å². The number of hydrogen-bond donors (Lipinski definition) is 1. The summed E-state index contributed by atoms with van der Waals surface area (Å²) in [5.74, 6) is -1.52. The summed E-state index contributed by atoms with van der Waals surface area (Å²) in [6.07, 6.45) is -3.12. The lowest BCUT2D eigenvalue weighted by atomic mass is 9.93. The van der Waals surface area contributed by atoms with Gasteiger partial charge in [0.05, 0.1) is 31.7 Å². The Morgan fingerprint density at radius 2 is 2.00 bits per heavy atom. The van der Waals surface area contributed by atoms with Crippen LogP contribution in [0.4, 0.5) is 13.2 Å². The Labute approximate surface area is 137 Å². The third-order valence-electron chi connectivity index (χ3n) is 4.26. The van der Waals surface area contributed by atoms with E-state index in [1.54, 1.807) is 24.3 Å². The van der Waals surface area contributed by atoms with Crippen molar-refractivity contribution in [1.29, 1.82) is 0 Å². The first-order chi connectivity index (χ1) is 11.4. The molecular formula is C16H19F3N2O3. The SMILES string of the molecule is O=C1CCCON1Cc1ccc(C2CC(C(F)(F)F)CON2)cc1. The van der Waals surface area contributed by atoms with Crippen LogP contribution in [0.2, 0.25) is 0 Å². The third kappa shape index (κ3) is 4.06. The Morgan fingerprint density at radius 1 is 1.25 bits per heavy atom. The lowest BCUT2D eigenvalue weighted by Crippen LogP contribution is -2.40. The van der Waals surface area contributed by atoms with Gasteiger partial charge in [0.1, 0.15) is 0 Å². The molecule has 2 fully saturated rings. The number of rotatable bonds is 3. The quantitative estimate of drug-likeness (QED) is 0.916. The van der Waals surface area contributed by atoms with Gasteiger partial charge in [0.25, 0.3) is 0 Å². The molecule has 1 aromatic rings. The first-order valence-corrected chi connectivity index (χ1v) is 7.89. The molecule has 2 heterocycles. The maximum atomic E-state index is 12.8. The van der Waals surface area contributed by atoms with Crippen molar-refractivity contribution in [3.8, 4) is 0 Å². The van der Waals surface area contributed by atoms with Crippen molar-refractivity contribution < 1.29 is 27.6 Å². The van der Waals surface area contributed by atoms with Gasteiger partial charge in [-0.2, -0.15) is 18.7 Å². The first-order valence-electron chi connectivity index (χ1n) is 7.89. The lowest BCUT2D eigenvalue weighted by Gasteiger charge is -2.31. The van der Waals surface area contributed by atoms with Gasteiger partial charge in [0.2, 0.25) is 5.91 Å². The van der Waals surface area contributed by atoms with Gasteiger partial charge in [-0.25, -0.2) is 5.06 Å². The molecule has 0 spiro atoms. The molecule has 2 atom stereocenters. The lowest BCUT2D eigenvalue weighted by molar-refractivity contribution is -0.216. The molecule has 2 saturated heterocycles. The average molecular weight is 344 g/mol. The van der Waals surface area contributed by atoms with E-state index < -0.39 is 18.1 Å². The smallest absolute Gasteiger partial charge is 0.301 e. The van der Waals surface area contributed by atoms with E-state index in [-0.39, 0.29) is 18.9 Å². The Hall–Kier alpha value is -1.64. The fourth-order valence-corrected chi connectivity index (χ4v) is 2.83. The number of hydrogen-bond acceptors (Lipinski definition) is 4. The highest BCUT2D eigenvalue weighted by atomic mass is 19.4. The number of hydroxylamine groups is 3. The summed E-state index contributed by atoms with van der Waals surface area (Å²) in [4.78, 5) is 21.9. The topological polar surface area (TPSA) is 50.8 Å². The van der Waals surface area contributed by atoms with Gasteiger partial charge in [-0.15, -0.1) is 0 Å². The highest BCUT2D eigenvalue weighted by molar-refractivity contribution is 5.75. The van der Waals surface area contributed by atoms with Crippen molar-refractivity contribution in [3.05, 3.63) is 35.4 Å². The molecule has 0 saturated carbocycles. The summed E-state index contributed by atoms with van der Waals surface area (Å²) in [7, 11) is 0. The molecule has 1 N–H and O–H groups in total. The van der Waals surface area contributed by atoms with Crippen LogP contribution in [0.3, 0.4) is 0 Å². The maximum absolute atomic E-state index is 12.8.